The molecule has 0 N–H and O–H groups in total. The van der Waals surface area contributed by atoms with Gasteiger partial charge in [-0.05, 0) is 43.5 Å². The van der Waals surface area contributed by atoms with Crippen LogP contribution in [0, 0.1) is 0 Å². The van der Waals surface area contributed by atoms with Gasteiger partial charge in [0.25, 0.3) is 0 Å². The molecule has 30 heavy (non-hydrogen) atoms. The number of hydrogen-bond acceptors (Lipinski definition) is 5. The van der Waals surface area contributed by atoms with Crippen LogP contribution in [0.1, 0.15) is 35.2 Å². The van der Waals surface area contributed by atoms with E-state index in [-0.39, 0.29) is 23.3 Å². The molecule has 0 aliphatic carbocycles. The molecule has 0 spiro atoms. The van der Waals surface area contributed by atoms with Gasteiger partial charge in [0.2, 0.25) is 10.0 Å². The van der Waals surface area contributed by atoms with Gasteiger partial charge in [0.1, 0.15) is 0 Å². The van der Waals surface area contributed by atoms with Crippen molar-refractivity contribution in [3.63, 3.8) is 0 Å². The molecule has 1 fully saturated rings. The number of carbonyl (C=O) groups excluding carboxylic acids is 1. The van der Waals surface area contributed by atoms with E-state index in [2.05, 4.69) is 17.0 Å². The van der Waals surface area contributed by atoms with Crippen molar-refractivity contribution in [3.05, 3.63) is 65.7 Å². The summed E-state index contributed by atoms with van der Waals surface area (Å²) in [6, 6.07) is 16.7. The zero-order valence-corrected chi connectivity index (χ0v) is 17.9. The van der Waals surface area contributed by atoms with Gasteiger partial charge in [-0.1, -0.05) is 42.5 Å². The lowest BCUT2D eigenvalue weighted by Gasteiger charge is -2.33. The van der Waals surface area contributed by atoms with Crippen LogP contribution in [-0.2, 0) is 21.4 Å². The summed E-state index contributed by atoms with van der Waals surface area (Å²) in [5.41, 5.74) is 1.50. The van der Waals surface area contributed by atoms with Crippen LogP contribution in [0.15, 0.2) is 59.5 Å². The molecule has 7 heteroatoms. The van der Waals surface area contributed by atoms with Crippen molar-refractivity contribution in [2.45, 2.75) is 36.9 Å². The summed E-state index contributed by atoms with van der Waals surface area (Å²) in [5, 5.41) is 0. The van der Waals surface area contributed by atoms with Gasteiger partial charge < -0.3 is 9.64 Å². The number of hydrogen-bond donors (Lipinski definition) is 0. The molecule has 6 nitrogen and oxygen atoms in total. The van der Waals surface area contributed by atoms with Crippen molar-refractivity contribution in [3.8, 4) is 0 Å². The lowest BCUT2D eigenvalue weighted by molar-refractivity contribution is -0.00270. The highest BCUT2D eigenvalue weighted by atomic mass is 32.2. The van der Waals surface area contributed by atoms with E-state index in [0.29, 0.717) is 25.1 Å². The molecule has 1 saturated heterocycles. The Morgan fingerprint density at radius 3 is 2.40 bits per heavy atom. The first-order valence-corrected chi connectivity index (χ1v) is 12.0. The lowest BCUT2D eigenvalue weighted by atomic mass is 10.1. The van der Waals surface area contributed by atoms with E-state index in [0.717, 1.165) is 32.5 Å². The summed E-state index contributed by atoms with van der Waals surface area (Å²) in [5.74, 6) is -0.128. The van der Waals surface area contributed by atoms with E-state index in [1.165, 1.54) is 15.9 Å². The summed E-state index contributed by atoms with van der Waals surface area (Å²) in [7, 11) is -3.59. The van der Waals surface area contributed by atoms with Crippen molar-refractivity contribution < 1.29 is 17.9 Å². The molecule has 0 unspecified atom stereocenters. The maximum atomic E-state index is 12.8. The van der Waals surface area contributed by atoms with Crippen LogP contribution in [-0.4, -0.2) is 62.2 Å². The Kier molecular flexibility index (Phi) is 6.63. The van der Waals surface area contributed by atoms with Crippen molar-refractivity contribution in [1.82, 2.24) is 9.21 Å². The topological polar surface area (TPSA) is 66.9 Å². The summed E-state index contributed by atoms with van der Waals surface area (Å²) in [4.78, 5) is 14.8. The molecule has 2 aromatic rings. The van der Waals surface area contributed by atoms with Crippen LogP contribution in [0.25, 0.3) is 0 Å². The molecule has 160 valence electrons. The molecule has 2 aliphatic rings. The molecular weight excluding hydrogens is 400 g/mol. The van der Waals surface area contributed by atoms with E-state index < -0.39 is 10.0 Å². The number of piperidine rings is 1. The number of fused-ring (bicyclic) bond motifs is 1. The second-order valence-electron chi connectivity index (χ2n) is 7.95. The maximum absolute atomic E-state index is 12.8. The van der Waals surface area contributed by atoms with E-state index in [4.69, 9.17) is 4.74 Å². The van der Waals surface area contributed by atoms with Crippen molar-refractivity contribution in [1.29, 1.82) is 0 Å². The Balaban J connectivity index is 1.22. The smallest absolute Gasteiger partial charge is 0.244 e. The minimum absolute atomic E-state index is 0.0608. The number of Topliss-reactive ketones (excluding diaryl/α,β-unsaturated/α-hetero) is 1. The van der Waals surface area contributed by atoms with Gasteiger partial charge in [-0.2, -0.15) is 4.31 Å². The Bertz CT molecular complexity index is 970. The van der Waals surface area contributed by atoms with Crippen molar-refractivity contribution in [2.24, 2.45) is 0 Å². The Morgan fingerprint density at radius 2 is 1.63 bits per heavy atom. The number of sulfonamides is 1. The molecule has 0 aromatic heterocycles. The monoisotopic (exact) mass is 428 g/mol. The minimum atomic E-state index is -3.59. The number of nitrogens with zero attached hydrogens (tertiary/aromatic N) is 2. The van der Waals surface area contributed by atoms with E-state index >= 15 is 0 Å². The predicted octanol–water partition coefficient (Wildman–Crippen LogP) is 2.94. The number of ketones is 1. The molecule has 0 radical (unpaired) electrons. The number of rotatable bonds is 7. The average molecular weight is 429 g/mol. The molecule has 0 amide bonds. The van der Waals surface area contributed by atoms with Crippen LogP contribution in [0.5, 0.6) is 0 Å². The van der Waals surface area contributed by atoms with Crippen molar-refractivity contribution in [2.75, 3.05) is 32.7 Å². The van der Waals surface area contributed by atoms with Crippen LogP contribution in [0.4, 0.5) is 0 Å². The standard InChI is InChI=1S/C23H28N2O4S/c26-22-17-25(30(27,28)23-10-5-4-9-21(22)23)14-6-13-24-15-11-20(12-16-24)29-18-19-7-2-1-3-8-19/h1-5,7-10,20H,6,11-18H2. The first kappa shape index (κ1) is 21.2. The Labute approximate surface area is 178 Å². The van der Waals surface area contributed by atoms with Gasteiger partial charge in [-0.25, -0.2) is 8.42 Å². The van der Waals surface area contributed by atoms with Gasteiger partial charge in [-0.15, -0.1) is 0 Å². The van der Waals surface area contributed by atoms with Gasteiger partial charge in [-0.3, -0.25) is 4.79 Å². The first-order valence-electron chi connectivity index (χ1n) is 10.5. The summed E-state index contributed by atoms with van der Waals surface area (Å²) in [6.45, 7) is 3.69. The SMILES string of the molecule is O=C1CN(CCCN2CCC(OCc3ccccc3)CC2)S(=O)(=O)c2ccccc21. The lowest BCUT2D eigenvalue weighted by Crippen LogP contribution is -2.43. The zero-order chi connectivity index (χ0) is 21.0. The van der Waals surface area contributed by atoms with Gasteiger partial charge in [0.05, 0.1) is 24.2 Å². The fourth-order valence-electron chi connectivity index (χ4n) is 4.15. The first-order chi connectivity index (χ1) is 14.5. The highest BCUT2D eigenvalue weighted by Gasteiger charge is 2.35. The van der Waals surface area contributed by atoms with Gasteiger partial charge >= 0.3 is 0 Å². The number of carbonyl (C=O) groups is 1. The molecular formula is C23H28N2O4S. The zero-order valence-electron chi connectivity index (χ0n) is 17.1. The van der Waals surface area contributed by atoms with Crippen LogP contribution >= 0.6 is 0 Å². The normalized spacial score (nSPS) is 20.2. The van der Waals surface area contributed by atoms with Gasteiger partial charge in [0.15, 0.2) is 5.78 Å². The average Bonchev–Trinajstić information content (AvgIpc) is 2.77. The number of likely N-dealkylation sites (tertiary alicyclic amines) is 1. The highest BCUT2D eigenvalue weighted by molar-refractivity contribution is 7.89. The molecule has 2 aromatic carbocycles. The third-order valence-corrected chi connectivity index (χ3v) is 7.77. The van der Waals surface area contributed by atoms with Crippen molar-refractivity contribution >= 4 is 15.8 Å². The third kappa shape index (κ3) is 4.81. The second-order valence-corrected chi connectivity index (χ2v) is 9.86. The number of benzene rings is 2. The Hall–Kier alpha value is -2.06. The molecule has 0 saturated carbocycles. The fraction of sp³-hybridized carbons (Fsp3) is 0.435. The Morgan fingerprint density at radius 1 is 0.933 bits per heavy atom. The van der Waals surface area contributed by atoms with E-state index in [1.807, 2.05) is 18.2 Å². The van der Waals surface area contributed by atoms with E-state index in [1.54, 1.807) is 18.2 Å². The predicted molar refractivity (Wildman–Crippen MR) is 115 cm³/mol. The molecule has 0 bridgehead atoms. The minimum Gasteiger partial charge on any atom is -0.373 e. The quantitative estimate of drug-likeness (QED) is 0.678. The fourth-order valence-corrected chi connectivity index (χ4v) is 5.79. The molecule has 4 rings (SSSR count). The summed E-state index contributed by atoms with van der Waals surface area (Å²) < 4.78 is 33.0. The van der Waals surface area contributed by atoms with E-state index in [9.17, 15) is 13.2 Å². The molecule has 2 heterocycles. The number of ether oxygens (including phenoxy) is 1. The van der Waals surface area contributed by atoms with Crippen LogP contribution < -0.4 is 0 Å². The summed E-state index contributed by atoms with van der Waals surface area (Å²) in [6.07, 6.45) is 2.96. The van der Waals surface area contributed by atoms with Crippen LogP contribution in [0.3, 0.4) is 0 Å². The summed E-state index contributed by atoms with van der Waals surface area (Å²) >= 11 is 0. The van der Waals surface area contributed by atoms with Crippen LogP contribution in [0.2, 0.25) is 0 Å². The second kappa shape index (κ2) is 9.39. The third-order valence-electron chi connectivity index (χ3n) is 5.87. The van der Waals surface area contributed by atoms with Gasteiger partial charge in [0, 0.05) is 25.2 Å². The molecule has 2 aliphatic heterocycles. The highest BCUT2D eigenvalue weighted by Crippen LogP contribution is 2.26. The largest absolute Gasteiger partial charge is 0.373 e. The maximum Gasteiger partial charge on any atom is 0.244 e. The molecule has 0 atom stereocenters.